The SMILES string of the molecule is CC(C)CNCCC1(CCc2ccc(F)cc2)CCCC1. The summed E-state index contributed by atoms with van der Waals surface area (Å²) in [6.07, 6.45) is 9.14. The third kappa shape index (κ3) is 5.43. The van der Waals surface area contributed by atoms with Crippen molar-refractivity contribution in [3.05, 3.63) is 35.6 Å². The van der Waals surface area contributed by atoms with Crippen LogP contribution in [0, 0.1) is 17.2 Å². The summed E-state index contributed by atoms with van der Waals surface area (Å²) in [6, 6.07) is 7.05. The molecule has 0 amide bonds. The number of hydrogen-bond acceptors (Lipinski definition) is 1. The molecular formula is C19H30FN. The van der Waals surface area contributed by atoms with Gasteiger partial charge in [0.2, 0.25) is 0 Å². The predicted octanol–water partition coefficient (Wildman–Crippen LogP) is 4.95. The van der Waals surface area contributed by atoms with Crippen molar-refractivity contribution in [1.29, 1.82) is 0 Å². The molecular weight excluding hydrogens is 261 g/mol. The van der Waals surface area contributed by atoms with E-state index in [1.165, 1.54) is 44.1 Å². The van der Waals surface area contributed by atoms with Crippen molar-refractivity contribution in [3.8, 4) is 0 Å². The second-order valence-corrected chi connectivity index (χ2v) is 7.18. The van der Waals surface area contributed by atoms with Crippen molar-refractivity contribution in [2.24, 2.45) is 11.3 Å². The molecule has 0 radical (unpaired) electrons. The van der Waals surface area contributed by atoms with Crippen LogP contribution in [-0.4, -0.2) is 13.1 Å². The number of hydrogen-bond donors (Lipinski definition) is 1. The molecule has 1 fully saturated rings. The van der Waals surface area contributed by atoms with E-state index in [4.69, 9.17) is 0 Å². The van der Waals surface area contributed by atoms with Crippen LogP contribution in [-0.2, 0) is 6.42 Å². The summed E-state index contributed by atoms with van der Waals surface area (Å²) in [4.78, 5) is 0. The lowest BCUT2D eigenvalue weighted by Gasteiger charge is -2.29. The molecule has 2 rings (SSSR count). The van der Waals surface area contributed by atoms with Gasteiger partial charge in [-0.05, 0) is 74.2 Å². The molecule has 0 heterocycles. The number of nitrogens with one attached hydrogen (secondary N) is 1. The first-order valence-electron chi connectivity index (χ1n) is 8.55. The standard InChI is InChI=1S/C19H30FN/c1-16(2)15-21-14-13-19(10-3-4-11-19)12-9-17-5-7-18(20)8-6-17/h5-8,16,21H,3-4,9-15H2,1-2H3. The van der Waals surface area contributed by atoms with Gasteiger partial charge in [0.15, 0.2) is 0 Å². The second kappa shape index (κ2) is 7.93. The van der Waals surface area contributed by atoms with Gasteiger partial charge in [0, 0.05) is 0 Å². The molecule has 2 heteroatoms. The monoisotopic (exact) mass is 291 g/mol. The maximum Gasteiger partial charge on any atom is 0.123 e. The minimum atomic E-state index is -0.132. The first-order chi connectivity index (χ1) is 10.1. The third-order valence-electron chi connectivity index (χ3n) is 4.91. The van der Waals surface area contributed by atoms with Gasteiger partial charge in [0.05, 0.1) is 0 Å². The summed E-state index contributed by atoms with van der Waals surface area (Å²) in [6.45, 7) is 6.77. The number of benzene rings is 1. The van der Waals surface area contributed by atoms with Gasteiger partial charge in [-0.2, -0.15) is 0 Å². The Balaban J connectivity index is 1.81. The van der Waals surface area contributed by atoms with Crippen molar-refractivity contribution < 1.29 is 4.39 Å². The van der Waals surface area contributed by atoms with E-state index >= 15 is 0 Å². The van der Waals surface area contributed by atoms with E-state index in [2.05, 4.69) is 19.2 Å². The number of aryl methyl sites for hydroxylation is 1. The first kappa shape index (κ1) is 16.5. The highest BCUT2D eigenvalue weighted by Gasteiger charge is 2.32. The van der Waals surface area contributed by atoms with Crippen LogP contribution in [0.2, 0.25) is 0 Å². The Morgan fingerprint density at radius 1 is 1.10 bits per heavy atom. The quantitative estimate of drug-likeness (QED) is 0.668. The predicted molar refractivity (Wildman–Crippen MR) is 87.9 cm³/mol. The summed E-state index contributed by atoms with van der Waals surface area (Å²) < 4.78 is 13.0. The highest BCUT2D eigenvalue weighted by Crippen LogP contribution is 2.44. The van der Waals surface area contributed by atoms with Crippen LogP contribution >= 0.6 is 0 Å². The molecule has 1 N–H and O–H groups in total. The molecule has 118 valence electrons. The van der Waals surface area contributed by atoms with Crippen molar-refractivity contribution in [3.63, 3.8) is 0 Å². The van der Waals surface area contributed by atoms with Crippen LogP contribution in [0.1, 0.15) is 57.9 Å². The average Bonchev–Trinajstić information content (AvgIpc) is 2.92. The summed E-state index contributed by atoms with van der Waals surface area (Å²) >= 11 is 0. The molecule has 0 atom stereocenters. The van der Waals surface area contributed by atoms with Crippen LogP contribution in [0.4, 0.5) is 4.39 Å². The zero-order valence-electron chi connectivity index (χ0n) is 13.6. The fourth-order valence-electron chi connectivity index (χ4n) is 3.55. The fraction of sp³-hybridized carbons (Fsp3) is 0.684. The van der Waals surface area contributed by atoms with Gasteiger partial charge in [-0.15, -0.1) is 0 Å². The van der Waals surface area contributed by atoms with Gasteiger partial charge < -0.3 is 5.32 Å². The van der Waals surface area contributed by atoms with Gasteiger partial charge in [0.1, 0.15) is 5.82 Å². The van der Waals surface area contributed by atoms with Crippen molar-refractivity contribution >= 4 is 0 Å². The van der Waals surface area contributed by atoms with Crippen molar-refractivity contribution in [1.82, 2.24) is 5.32 Å². The van der Waals surface area contributed by atoms with E-state index < -0.39 is 0 Å². The Bertz CT molecular complexity index is 404. The van der Waals surface area contributed by atoms with Gasteiger partial charge in [0.25, 0.3) is 0 Å². The molecule has 1 aromatic carbocycles. The van der Waals surface area contributed by atoms with Gasteiger partial charge in [-0.1, -0.05) is 38.8 Å². The molecule has 0 saturated heterocycles. The Kier molecular flexibility index (Phi) is 6.22. The molecule has 0 aliphatic heterocycles. The maximum absolute atomic E-state index is 13.0. The Morgan fingerprint density at radius 3 is 2.38 bits per heavy atom. The molecule has 1 aliphatic rings. The van der Waals surface area contributed by atoms with E-state index in [-0.39, 0.29) is 5.82 Å². The Hall–Kier alpha value is -0.890. The van der Waals surface area contributed by atoms with Crippen LogP contribution in [0.3, 0.4) is 0 Å². The molecule has 1 nitrogen and oxygen atoms in total. The molecule has 0 spiro atoms. The first-order valence-corrected chi connectivity index (χ1v) is 8.55. The lowest BCUT2D eigenvalue weighted by Crippen LogP contribution is -2.27. The Morgan fingerprint density at radius 2 is 1.76 bits per heavy atom. The zero-order chi connectivity index (χ0) is 15.1. The summed E-state index contributed by atoms with van der Waals surface area (Å²) in [5, 5.41) is 3.59. The summed E-state index contributed by atoms with van der Waals surface area (Å²) in [5.74, 6) is 0.593. The lowest BCUT2D eigenvalue weighted by molar-refractivity contribution is 0.244. The topological polar surface area (TPSA) is 12.0 Å². The molecule has 0 bridgehead atoms. The zero-order valence-corrected chi connectivity index (χ0v) is 13.6. The summed E-state index contributed by atoms with van der Waals surface area (Å²) in [5.41, 5.74) is 1.80. The van der Waals surface area contributed by atoms with E-state index in [1.54, 1.807) is 12.1 Å². The largest absolute Gasteiger partial charge is 0.316 e. The minimum absolute atomic E-state index is 0.132. The molecule has 1 aromatic rings. The second-order valence-electron chi connectivity index (χ2n) is 7.18. The maximum atomic E-state index is 13.0. The van der Waals surface area contributed by atoms with Crippen LogP contribution < -0.4 is 5.32 Å². The molecule has 21 heavy (non-hydrogen) atoms. The smallest absolute Gasteiger partial charge is 0.123 e. The van der Waals surface area contributed by atoms with Gasteiger partial charge >= 0.3 is 0 Å². The van der Waals surface area contributed by atoms with Gasteiger partial charge in [-0.3, -0.25) is 0 Å². The van der Waals surface area contributed by atoms with E-state index in [0.717, 1.165) is 25.4 Å². The third-order valence-corrected chi connectivity index (χ3v) is 4.91. The Labute approximate surface area is 129 Å². The molecule has 1 aliphatic carbocycles. The molecule has 1 saturated carbocycles. The van der Waals surface area contributed by atoms with Crippen LogP contribution in [0.15, 0.2) is 24.3 Å². The number of halogens is 1. The lowest BCUT2D eigenvalue weighted by atomic mass is 9.77. The van der Waals surface area contributed by atoms with Crippen molar-refractivity contribution in [2.75, 3.05) is 13.1 Å². The molecule has 0 aromatic heterocycles. The summed E-state index contributed by atoms with van der Waals surface area (Å²) in [7, 11) is 0. The average molecular weight is 291 g/mol. The van der Waals surface area contributed by atoms with E-state index in [0.29, 0.717) is 5.41 Å². The van der Waals surface area contributed by atoms with Gasteiger partial charge in [-0.25, -0.2) is 4.39 Å². The highest BCUT2D eigenvalue weighted by molar-refractivity contribution is 5.16. The highest BCUT2D eigenvalue weighted by atomic mass is 19.1. The molecule has 0 unspecified atom stereocenters. The van der Waals surface area contributed by atoms with E-state index in [1.807, 2.05) is 12.1 Å². The minimum Gasteiger partial charge on any atom is -0.316 e. The van der Waals surface area contributed by atoms with Crippen LogP contribution in [0.5, 0.6) is 0 Å². The number of rotatable bonds is 8. The van der Waals surface area contributed by atoms with Crippen LogP contribution in [0.25, 0.3) is 0 Å². The van der Waals surface area contributed by atoms with E-state index in [9.17, 15) is 4.39 Å². The normalized spacial score (nSPS) is 17.5. The van der Waals surface area contributed by atoms with Crippen molar-refractivity contribution in [2.45, 2.75) is 58.8 Å². The fourth-order valence-corrected chi connectivity index (χ4v) is 3.55.